The van der Waals surface area contributed by atoms with Crippen LogP contribution in [0.4, 0.5) is 0 Å². The molecule has 0 radical (unpaired) electrons. The summed E-state index contributed by atoms with van der Waals surface area (Å²) < 4.78 is 5.35. The highest BCUT2D eigenvalue weighted by molar-refractivity contribution is 5.77. The van der Waals surface area contributed by atoms with E-state index in [1.54, 1.807) is 0 Å². The third-order valence-electron chi connectivity index (χ3n) is 3.09. The van der Waals surface area contributed by atoms with Crippen molar-refractivity contribution in [2.24, 2.45) is 0 Å². The van der Waals surface area contributed by atoms with Crippen molar-refractivity contribution in [1.29, 1.82) is 0 Å². The SMILES string of the molecule is c1ccc2nc(C3CCOCC3)ncc2c1. The molecule has 1 aromatic heterocycles. The van der Waals surface area contributed by atoms with Crippen LogP contribution in [0.5, 0.6) is 0 Å². The summed E-state index contributed by atoms with van der Waals surface area (Å²) in [6.07, 6.45) is 4.00. The molecule has 0 N–H and O–H groups in total. The molecular weight excluding hydrogens is 200 g/mol. The van der Waals surface area contributed by atoms with Crippen molar-refractivity contribution in [3.63, 3.8) is 0 Å². The molecule has 3 rings (SSSR count). The maximum atomic E-state index is 5.35. The summed E-state index contributed by atoms with van der Waals surface area (Å²) in [7, 11) is 0. The Kier molecular flexibility index (Phi) is 2.54. The highest BCUT2D eigenvalue weighted by Gasteiger charge is 2.18. The quantitative estimate of drug-likeness (QED) is 0.731. The van der Waals surface area contributed by atoms with E-state index < -0.39 is 0 Å². The van der Waals surface area contributed by atoms with Gasteiger partial charge < -0.3 is 4.74 Å². The van der Waals surface area contributed by atoms with Crippen molar-refractivity contribution in [2.45, 2.75) is 18.8 Å². The highest BCUT2D eigenvalue weighted by Crippen LogP contribution is 2.24. The van der Waals surface area contributed by atoms with Crippen LogP contribution in [-0.4, -0.2) is 23.2 Å². The predicted octanol–water partition coefficient (Wildman–Crippen LogP) is 2.52. The largest absolute Gasteiger partial charge is 0.381 e. The van der Waals surface area contributed by atoms with E-state index in [4.69, 9.17) is 4.74 Å². The number of nitrogens with zero attached hydrogens (tertiary/aromatic N) is 2. The molecule has 1 aromatic carbocycles. The van der Waals surface area contributed by atoms with Gasteiger partial charge in [-0.2, -0.15) is 0 Å². The van der Waals surface area contributed by atoms with Gasteiger partial charge in [-0.15, -0.1) is 0 Å². The van der Waals surface area contributed by atoms with Gasteiger partial charge in [-0.25, -0.2) is 9.97 Å². The molecule has 0 unspecified atom stereocenters. The lowest BCUT2D eigenvalue weighted by molar-refractivity contribution is 0.0836. The summed E-state index contributed by atoms with van der Waals surface area (Å²) in [5.74, 6) is 1.44. The summed E-state index contributed by atoms with van der Waals surface area (Å²) in [5.41, 5.74) is 1.04. The molecule has 16 heavy (non-hydrogen) atoms. The summed E-state index contributed by atoms with van der Waals surface area (Å²) in [4.78, 5) is 9.10. The van der Waals surface area contributed by atoms with Gasteiger partial charge in [0.1, 0.15) is 5.82 Å². The van der Waals surface area contributed by atoms with Crippen LogP contribution in [0.25, 0.3) is 10.9 Å². The van der Waals surface area contributed by atoms with Crippen molar-refractivity contribution < 1.29 is 4.74 Å². The van der Waals surface area contributed by atoms with Gasteiger partial charge in [0.05, 0.1) is 5.52 Å². The molecule has 2 heterocycles. The molecular formula is C13H14N2O. The van der Waals surface area contributed by atoms with Crippen molar-refractivity contribution in [3.8, 4) is 0 Å². The minimum atomic E-state index is 0.471. The summed E-state index contributed by atoms with van der Waals surface area (Å²) in [6.45, 7) is 1.67. The first-order chi connectivity index (χ1) is 7.93. The fourth-order valence-corrected chi connectivity index (χ4v) is 2.14. The van der Waals surface area contributed by atoms with E-state index >= 15 is 0 Å². The topological polar surface area (TPSA) is 35.0 Å². The molecule has 82 valence electrons. The maximum absolute atomic E-state index is 5.35. The minimum Gasteiger partial charge on any atom is -0.381 e. The standard InChI is InChI=1S/C13H14N2O/c1-2-4-12-11(3-1)9-14-13(15-12)10-5-7-16-8-6-10/h1-4,9-10H,5-8H2. The van der Waals surface area contributed by atoms with Crippen molar-refractivity contribution in [2.75, 3.05) is 13.2 Å². The van der Waals surface area contributed by atoms with E-state index in [2.05, 4.69) is 9.97 Å². The molecule has 0 aliphatic carbocycles. The first kappa shape index (κ1) is 9.73. The van der Waals surface area contributed by atoms with Gasteiger partial charge in [0.15, 0.2) is 0 Å². The summed E-state index contributed by atoms with van der Waals surface area (Å²) in [6, 6.07) is 8.12. The van der Waals surface area contributed by atoms with Crippen molar-refractivity contribution in [1.82, 2.24) is 9.97 Å². The van der Waals surface area contributed by atoms with E-state index in [1.165, 1.54) is 0 Å². The summed E-state index contributed by atoms with van der Waals surface area (Å²) >= 11 is 0. The van der Waals surface area contributed by atoms with E-state index in [-0.39, 0.29) is 0 Å². The number of aromatic nitrogens is 2. The number of hydrogen-bond acceptors (Lipinski definition) is 3. The van der Waals surface area contributed by atoms with Crippen LogP contribution >= 0.6 is 0 Å². The van der Waals surface area contributed by atoms with E-state index in [0.717, 1.165) is 42.8 Å². The Hall–Kier alpha value is -1.48. The number of para-hydroxylation sites is 1. The Morgan fingerprint density at radius 3 is 2.81 bits per heavy atom. The second-order valence-electron chi connectivity index (χ2n) is 4.17. The number of hydrogen-bond donors (Lipinski definition) is 0. The predicted molar refractivity (Wildman–Crippen MR) is 62.3 cm³/mol. The molecule has 0 bridgehead atoms. The second-order valence-corrected chi connectivity index (χ2v) is 4.17. The van der Waals surface area contributed by atoms with Crippen LogP contribution in [0.1, 0.15) is 24.6 Å². The number of fused-ring (bicyclic) bond motifs is 1. The lowest BCUT2D eigenvalue weighted by atomic mass is 9.99. The summed E-state index contributed by atoms with van der Waals surface area (Å²) in [5, 5.41) is 1.11. The van der Waals surface area contributed by atoms with E-state index in [1.807, 2.05) is 30.5 Å². The fraction of sp³-hybridized carbons (Fsp3) is 0.385. The molecule has 1 fully saturated rings. The zero-order valence-corrected chi connectivity index (χ0v) is 9.10. The van der Waals surface area contributed by atoms with E-state index in [9.17, 15) is 0 Å². The Labute approximate surface area is 94.5 Å². The van der Waals surface area contributed by atoms with Gasteiger partial charge in [0.25, 0.3) is 0 Å². The van der Waals surface area contributed by atoms with Crippen LogP contribution in [0.15, 0.2) is 30.5 Å². The van der Waals surface area contributed by atoms with Crippen molar-refractivity contribution in [3.05, 3.63) is 36.3 Å². The molecule has 2 aromatic rings. The van der Waals surface area contributed by atoms with Gasteiger partial charge in [-0.1, -0.05) is 18.2 Å². The molecule has 0 atom stereocenters. The number of benzene rings is 1. The van der Waals surface area contributed by atoms with Gasteiger partial charge >= 0.3 is 0 Å². The molecule has 0 amide bonds. The van der Waals surface area contributed by atoms with Crippen LogP contribution in [0.2, 0.25) is 0 Å². The van der Waals surface area contributed by atoms with Gasteiger partial charge in [0, 0.05) is 30.7 Å². The van der Waals surface area contributed by atoms with Crippen molar-refractivity contribution >= 4 is 10.9 Å². The third-order valence-corrected chi connectivity index (χ3v) is 3.09. The smallest absolute Gasteiger partial charge is 0.132 e. The molecule has 0 saturated carbocycles. The van der Waals surface area contributed by atoms with Gasteiger partial charge in [-0.3, -0.25) is 0 Å². The Balaban J connectivity index is 1.97. The number of ether oxygens (including phenoxy) is 1. The highest BCUT2D eigenvalue weighted by atomic mass is 16.5. The Morgan fingerprint density at radius 1 is 1.12 bits per heavy atom. The van der Waals surface area contributed by atoms with E-state index in [0.29, 0.717) is 5.92 Å². The fourth-order valence-electron chi connectivity index (χ4n) is 2.14. The van der Waals surface area contributed by atoms with Crippen LogP contribution < -0.4 is 0 Å². The minimum absolute atomic E-state index is 0.471. The van der Waals surface area contributed by atoms with Crippen LogP contribution in [0.3, 0.4) is 0 Å². The first-order valence-electron chi connectivity index (χ1n) is 5.73. The third kappa shape index (κ3) is 1.78. The normalized spacial score (nSPS) is 17.8. The molecule has 1 aliphatic rings. The Morgan fingerprint density at radius 2 is 1.94 bits per heavy atom. The van der Waals surface area contributed by atoms with Crippen LogP contribution in [0, 0.1) is 0 Å². The zero-order valence-electron chi connectivity index (χ0n) is 9.10. The molecule has 3 heteroatoms. The lowest BCUT2D eigenvalue weighted by Crippen LogP contribution is -2.16. The monoisotopic (exact) mass is 214 g/mol. The van der Waals surface area contributed by atoms with Crippen LogP contribution in [-0.2, 0) is 4.74 Å². The van der Waals surface area contributed by atoms with Gasteiger partial charge in [0.2, 0.25) is 0 Å². The average molecular weight is 214 g/mol. The second kappa shape index (κ2) is 4.18. The average Bonchev–Trinajstić information content (AvgIpc) is 2.39. The Bertz CT molecular complexity index is 492. The lowest BCUT2D eigenvalue weighted by Gasteiger charge is -2.20. The zero-order chi connectivity index (χ0) is 10.8. The molecule has 0 spiro atoms. The molecule has 1 aliphatic heterocycles. The molecule has 1 saturated heterocycles. The van der Waals surface area contributed by atoms with Gasteiger partial charge in [-0.05, 0) is 18.9 Å². The first-order valence-corrected chi connectivity index (χ1v) is 5.73. The maximum Gasteiger partial charge on any atom is 0.132 e. The number of rotatable bonds is 1. The molecule has 3 nitrogen and oxygen atoms in total.